The van der Waals surface area contributed by atoms with Crippen LogP contribution < -0.4 is 5.32 Å². The van der Waals surface area contributed by atoms with E-state index in [9.17, 15) is 9.90 Å². The third-order valence-electron chi connectivity index (χ3n) is 4.07. The molecule has 1 fully saturated rings. The van der Waals surface area contributed by atoms with Crippen molar-refractivity contribution in [2.45, 2.75) is 39.0 Å². The van der Waals surface area contributed by atoms with E-state index in [1.807, 2.05) is 13.8 Å². The summed E-state index contributed by atoms with van der Waals surface area (Å²) in [6, 6.07) is 0. The summed E-state index contributed by atoms with van der Waals surface area (Å²) < 4.78 is 0. The maximum atomic E-state index is 12.2. The van der Waals surface area contributed by atoms with Crippen molar-refractivity contribution in [2.24, 2.45) is 11.8 Å². The lowest BCUT2D eigenvalue weighted by atomic mass is 9.97. The number of carbonyl (C=O) groups excluding carboxylic acids is 1. The molecule has 0 radical (unpaired) electrons. The first kappa shape index (κ1) is 16.2. The number of aromatic nitrogens is 2. The van der Waals surface area contributed by atoms with E-state index in [0.29, 0.717) is 18.3 Å². The van der Waals surface area contributed by atoms with Gasteiger partial charge in [0.05, 0.1) is 11.2 Å². The minimum atomic E-state index is -0.270. The van der Waals surface area contributed by atoms with Crippen molar-refractivity contribution >= 4 is 17.5 Å². The molecule has 21 heavy (non-hydrogen) atoms. The molecule has 2 N–H and O–H groups in total. The molecule has 0 aliphatic heterocycles. The van der Waals surface area contributed by atoms with Gasteiger partial charge in [-0.25, -0.2) is 9.97 Å². The predicted molar refractivity (Wildman–Crippen MR) is 81.4 cm³/mol. The van der Waals surface area contributed by atoms with E-state index < -0.39 is 0 Å². The molecule has 1 aliphatic carbocycles. The summed E-state index contributed by atoms with van der Waals surface area (Å²) in [6.07, 6.45) is 4.66. The summed E-state index contributed by atoms with van der Waals surface area (Å²) in [5.74, 6) is 1.11. The van der Waals surface area contributed by atoms with Crippen LogP contribution in [0.15, 0.2) is 6.20 Å². The zero-order valence-electron chi connectivity index (χ0n) is 12.5. The van der Waals surface area contributed by atoms with Crippen LogP contribution in [0, 0.1) is 11.8 Å². The molecule has 5 nitrogen and oxygen atoms in total. The van der Waals surface area contributed by atoms with Gasteiger partial charge in [-0.15, -0.1) is 0 Å². The minimum Gasteiger partial charge on any atom is -0.396 e. The van der Waals surface area contributed by atoms with Crippen molar-refractivity contribution in [3.05, 3.63) is 22.7 Å². The lowest BCUT2D eigenvalue weighted by Gasteiger charge is -2.18. The number of nitrogens with zero attached hydrogens (tertiary/aromatic N) is 2. The van der Waals surface area contributed by atoms with E-state index in [-0.39, 0.29) is 35.1 Å². The largest absolute Gasteiger partial charge is 0.396 e. The topological polar surface area (TPSA) is 75.1 Å². The Morgan fingerprint density at radius 3 is 2.86 bits per heavy atom. The van der Waals surface area contributed by atoms with Crippen LogP contribution in [0.2, 0.25) is 5.02 Å². The molecule has 2 atom stereocenters. The van der Waals surface area contributed by atoms with Gasteiger partial charge in [-0.05, 0) is 24.7 Å². The number of carbonyl (C=O) groups is 1. The highest BCUT2D eigenvalue weighted by molar-refractivity contribution is 6.33. The summed E-state index contributed by atoms with van der Waals surface area (Å²) in [5, 5.41) is 12.5. The molecule has 0 bridgehead atoms. The van der Waals surface area contributed by atoms with Crippen molar-refractivity contribution in [1.29, 1.82) is 0 Å². The summed E-state index contributed by atoms with van der Waals surface area (Å²) in [4.78, 5) is 20.6. The second-order valence-corrected chi connectivity index (χ2v) is 6.33. The Bertz CT molecular complexity index is 508. The van der Waals surface area contributed by atoms with Gasteiger partial charge in [-0.1, -0.05) is 31.9 Å². The average molecular weight is 312 g/mol. The van der Waals surface area contributed by atoms with Crippen LogP contribution in [0.1, 0.15) is 55.3 Å². The summed E-state index contributed by atoms with van der Waals surface area (Å²) >= 11 is 6.02. The Morgan fingerprint density at radius 2 is 2.19 bits per heavy atom. The number of aliphatic hydroxyl groups is 1. The molecule has 2 unspecified atom stereocenters. The van der Waals surface area contributed by atoms with Gasteiger partial charge in [-0.3, -0.25) is 4.79 Å². The third kappa shape index (κ3) is 3.92. The molecular formula is C15H22ClN3O2. The van der Waals surface area contributed by atoms with E-state index >= 15 is 0 Å². The predicted octanol–water partition coefficient (Wildman–Crippen LogP) is 2.39. The van der Waals surface area contributed by atoms with Crippen molar-refractivity contribution in [1.82, 2.24) is 15.3 Å². The van der Waals surface area contributed by atoms with Crippen LogP contribution in [0.3, 0.4) is 0 Å². The molecule has 1 saturated carbocycles. The van der Waals surface area contributed by atoms with E-state index in [2.05, 4.69) is 15.3 Å². The molecule has 1 aromatic heterocycles. The Hall–Kier alpha value is -1.20. The van der Waals surface area contributed by atoms with Crippen LogP contribution >= 0.6 is 11.6 Å². The van der Waals surface area contributed by atoms with Crippen LogP contribution in [0.5, 0.6) is 0 Å². The van der Waals surface area contributed by atoms with Gasteiger partial charge in [0, 0.05) is 19.1 Å². The quantitative estimate of drug-likeness (QED) is 0.875. The molecule has 0 spiro atoms. The Labute approximate surface area is 130 Å². The Balaban J connectivity index is 2.01. The van der Waals surface area contributed by atoms with Crippen LogP contribution in [-0.2, 0) is 0 Å². The fourth-order valence-electron chi connectivity index (χ4n) is 2.75. The number of hydrogen-bond donors (Lipinski definition) is 2. The highest BCUT2D eigenvalue weighted by atomic mass is 35.5. The van der Waals surface area contributed by atoms with E-state index in [1.54, 1.807) is 0 Å². The highest BCUT2D eigenvalue weighted by Gasteiger charge is 2.27. The zero-order valence-corrected chi connectivity index (χ0v) is 13.2. The molecule has 0 saturated heterocycles. The summed E-state index contributed by atoms with van der Waals surface area (Å²) in [5.41, 5.74) is 0.230. The number of halogens is 1. The zero-order chi connectivity index (χ0) is 15.4. The number of amides is 1. The molecule has 6 heteroatoms. The molecule has 1 heterocycles. The van der Waals surface area contributed by atoms with Crippen molar-refractivity contribution in [2.75, 3.05) is 13.2 Å². The average Bonchev–Trinajstić information content (AvgIpc) is 2.92. The van der Waals surface area contributed by atoms with Gasteiger partial charge in [-0.2, -0.15) is 0 Å². The van der Waals surface area contributed by atoms with E-state index in [0.717, 1.165) is 19.3 Å². The second kappa shape index (κ2) is 7.18. The van der Waals surface area contributed by atoms with Gasteiger partial charge in [0.2, 0.25) is 0 Å². The summed E-state index contributed by atoms with van der Waals surface area (Å²) in [7, 11) is 0. The van der Waals surface area contributed by atoms with Gasteiger partial charge in [0.15, 0.2) is 0 Å². The lowest BCUT2D eigenvalue weighted by molar-refractivity contribution is 0.0932. The van der Waals surface area contributed by atoms with E-state index in [1.165, 1.54) is 6.20 Å². The third-order valence-corrected chi connectivity index (χ3v) is 4.35. The van der Waals surface area contributed by atoms with E-state index in [4.69, 9.17) is 11.6 Å². The monoisotopic (exact) mass is 311 g/mol. The maximum absolute atomic E-state index is 12.2. The number of hydrogen-bond acceptors (Lipinski definition) is 4. The molecule has 2 rings (SSSR count). The molecular weight excluding hydrogens is 290 g/mol. The van der Waals surface area contributed by atoms with Crippen molar-refractivity contribution in [3.63, 3.8) is 0 Å². The first-order valence-corrected chi connectivity index (χ1v) is 7.82. The lowest BCUT2D eigenvalue weighted by Crippen LogP contribution is -2.32. The molecule has 0 aromatic carbocycles. The smallest absolute Gasteiger partial charge is 0.271 e. The van der Waals surface area contributed by atoms with Crippen molar-refractivity contribution < 1.29 is 9.90 Å². The first-order chi connectivity index (χ1) is 10.0. The van der Waals surface area contributed by atoms with Crippen LogP contribution in [0.25, 0.3) is 0 Å². The maximum Gasteiger partial charge on any atom is 0.271 e. The van der Waals surface area contributed by atoms with Gasteiger partial charge in [0.25, 0.3) is 5.91 Å². The normalized spacial score (nSPS) is 21.8. The SMILES string of the molecule is CC(C)c1ncc(Cl)c(C(=O)NCC2CCCC2CO)n1. The highest BCUT2D eigenvalue weighted by Crippen LogP contribution is 2.30. The number of rotatable bonds is 5. The minimum absolute atomic E-state index is 0.141. The molecule has 1 aromatic rings. The fourth-order valence-corrected chi connectivity index (χ4v) is 2.93. The second-order valence-electron chi connectivity index (χ2n) is 5.92. The Kier molecular flexibility index (Phi) is 5.53. The van der Waals surface area contributed by atoms with Crippen LogP contribution in [-0.4, -0.2) is 34.1 Å². The Morgan fingerprint density at radius 1 is 1.48 bits per heavy atom. The van der Waals surface area contributed by atoms with Gasteiger partial charge >= 0.3 is 0 Å². The molecule has 1 aliphatic rings. The first-order valence-electron chi connectivity index (χ1n) is 7.44. The van der Waals surface area contributed by atoms with Gasteiger partial charge in [0.1, 0.15) is 11.5 Å². The fraction of sp³-hybridized carbons (Fsp3) is 0.667. The van der Waals surface area contributed by atoms with Crippen molar-refractivity contribution in [3.8, 4) is 0 Å². The molecule has 1 amide bonds. The number of aliphatic hydroxyl groups excluding tert-OH is 1. The number of nitrogens with one attached hydrogen (secondary N) is 1. The summed E-state index contributed by atoms with van der Waals surface area (Å²) in [6.45, 7) is 4.68. The standard InChI is InChI=1S/C15H22ClN3O2/c1-9(2)14-17-7-12(16)13(19-14)15(21)18-6-10-4-3-5-11(10)8-20/h7,9-11,20H,3-6,8H2,1-2H3,(H,18,21). The molecule has 116 valence electrons. The van der Waals surface area contributed by atoms with Crippen LogP contribution in [0.4, 0.5) is 0 Å². The van der Waals surface area contributed by atoms with Gasteiger partial charge < -0.3 is 10.4 Å².